The van der Waals surface area contributed by atoms with Gasteiger partial charge in [0.25, 0.3) is 0 Å². The Kier molecular flexibility index (Phi) is 6.96. The molecule has 2 rings (SSSR count). The molecule has 126 valence electrons. The van der Waals surface area contributed by atoms with E-state index in [-0.39, 0.29) is 11.8 Å². The van der Waals surface area contributed by atoms with Crippen LogP contribution in [0.5, 0.6) is 0 Å². The molecule has 1 fully saturated rings. The van der Waals surface area contributed by atoms with Gasteiger partial charge in [-0.2, -0.15) is 0 Å². The highest BCUT2D eigenvalue weighted by Crippen LogP contribution is 2.26. The molecule has 1 N–H and O–H groups in total. The zero-order valence-electron chi connectivity index (χ0n) is 13.6. The van der Waals surface area contributed by atoms with E-state index in [0.717, 1.165) is 41.8 Å². The summed E-state index contributed by atoms with van der Waals surface area (Å²) in [5, 5.41) is 2.87. The minimum Gasteiger partial charge on any atom is -0.356 e. The van der Waals surface area contributed by atoms with E-state index in [4.69, 9.17) is 0 Å². The van der Waals surface area contributed by atoms with Gasteiger partial charge in [0.05, 0.1) is 5.75 Å². The van der Waals surface area contributed by atoms with Gasteiger partial charge in [-0.05, 0) is 49.4 Å². The molecule has 6 heteroatoms. The molecule has 0 radical (unpaired) electrons. The number of nitrogens with one attached hydrogen (secondary N) is 1. The van der Waals surface area contributed by atoms with Crippen molar-refractivity contribution in [3.05, 3.63) is 28.2 Å². The molecule has 1 aromatic rings. The lowest BCUT2D eigenvalue weighted by atomic mass is 9.97. The van der Waals surface area contributed by atoms with Crippen LogP contribution in [0.3, 0.4) is 0 Å². The van der Waals surface area contributed by atoms with Crippen molar-refractivity contribution < 1.29 is 9.59 Å². The number of halogens is 1. The average molecular weight is 399 g/mol. The van der Waals surface area contributed by atoms with E-state index < -0.39 is 0 Å². The minimum atomic E-state index is 0.0183. The maximum atomic E-state index is 12.3. The number of carbonyl (C=O) groups is 2. The van der Waals surface area contributed by atoms with Crippen LogP contribution in [-0.4, -0.2) is 42.1 Å². The molecule has 0 saturated carbocycles. The van der Waals surface area contributed by atoms with Gasteiger partial charge in [0, 0.05) is 35.9 Å². The van der Waals surface area contributed by atoms with Crippen LogP contribution in [0.4, 0.5) is 0 Å². The summed E-state index contributed by atoms with van der Waals surface area (Å²) in [5.74, 6) is 1.20. The van der Waals surface area contributed by atoms with Crippen LogP contribution in [0, 0.1) is 12.8 Å². The first-order valence-corrected chi connectivity index (χ1v) is 9.64. The second-order valence-corrected chi connectivity index (χ2v) is 7.89. The number of thioether (sulfide) groups is 1. The lowest BCUT2D eigenvalue weighted by molar-refractivity contribution is -0.130. The number of hydrogen-bond donors (Lipinski definition) is 1. The lowest BCUT2D eigenvalue weighted by Crippen LogP contribution is -2.42. The first-order chi connectivity index (χ1) is 11.0. The van der Waals surface area contributed by atoms with E-state index in [0.29, 0.717) is 11.7 Å². The van der Waals surface area contributed by atoms with E-state index in [9.17, 15) is 9.59 Å². The molecule has 4 nitrogen and oxygen atoms in total. The number of rotatable bonds is 5. The molecule has 0 spiro atoms. The number of aryl methyl sites for hydroxylation is 1. The third-order valence-corrected chi connectivity index (χ3v) is 5.75. The molecular weight excluding hydrogens is 376 g/mol. The third-order valence-electron chi connectivity index (χ3n) is 4.10. The molecule has 0 aliphatic carbocycles. The summed E-state index contributed by atoms with van der Waals surface area (Å²) < 4.78 is 1.06. The summed E-state index contributed by atoms with van der Waals surface area (Å²) in [6, 6.07) is 6.13. The molecule has 1 aliphatic heterocycles. The van der Waals surface area contributed by atoms with E-state index in [1.54, 1.807) is 18.7 Å². The molecule has 0 atom stereocenters. The van der Waals surface area contributed by atoms with E-state index in [2.05, 4.69) is 40.3 Å². The molecular formula is C17H23BrN2O2S. The van der Waals surface area contributed by atoms with Gasteiger partial charge in [-0.1, -0.05) is 15.9 Å². The van der Waals surface area contributed by atoms with Crippen molar-refractivity contribution in [3.63, 3.8) is 0 Å². The summed E-state index contributed by atoms with van der Waals surface area (Å²) >= 11 is 5.06. The van der Waals surface area contributed by atoms with Gasteiger partial charge in [-0.25, -0.2) is 0 Å². The number of benzene rings is 1. The number of amides is 2. The van der Waals surface area contributed by atoms with Crippen LogP contribution >= 0.6 is 27.7 Å². The highest BCUT2D eigenvalue weighted by Gasteiger charge is 2.22. The van der Waals surface area contributed by atoms with Gasteiger partial charge in [-0.3, -0.25) is 9.59 Å². The van der Waals surface area contributed by atoms with Crippen LogP contribution in [0.25, 0.3) is 0 Å². The lowest BCUT2D eigenvalue weighted by Gasteiger charge is -2.32. The molecule has 2 amide bonds. The Labute approximate surface area is 150 Å². The Morgan fingerprint density at radius 2 is 2.04 bits per heavy atom. The first-order valence-electron chi connectivity index (χ1n) is 7.87. The largest absolute Gasteiger partial charge is 0.356 e. The van der Waals surface area contributed by atoms with E-state index >= 15 is 0 Å². The Balaban J connectivity index is 1.75. The van der Waals surface area contributed by atoms with Gasteiger partial charge in [0.2, 0.25) is 11.8 Å². The number of piperidine rings is 1. The monoisotopic (exact) mass is 398 g/mol. The molecule has 0 aromatic heterocycles. The van der Waals surface area contributed by atoms with Crippen molar-refractivity contribution in [2.45, 2.75) is 31.6 Å². The Bertz CT molecular complexity index is 572. The zero-order valence-corrected chi connectivity index (χ0v) is 16.0. The number of nitrogens with zero attached hydrogens (tertiary/aromatic N) is 1. The summed E-state index contributed by atoms with van der Waals surface area (Å²) in [7, 11) is 0. The fourth-order valence-electron chi connectivity index (χ4n) is 2.68. The fraction of sp³-hybridized carbons (Fsp3) is 0.529. The molecule has 0 bridgehead atoms. The quantitative estimate of drug-likeness (QED) is 0.774. The van der Waals surface area contributed by atoms with Crippen molar-refractivity contribution in [2.75, 3.05) is 25.4 Å². The minimum absolute atomic E-state index is 0.0183. The Morgan fingerprint density at radius 1 is 1.35 bits per heavy atom. The maximum Gasteiger partial charge on any atom is 0.232 e. The second-order valence-electron chi connectivity index (χ2n) is 5.96. The fourth-order valence-corrected chi connectivity index (χ4v) is 4.07. The molecule has 1 aliphatic rings. The van der Waals surface area contributed by atoms with Crippen LogP contribution in [0.15, 0.2) is 27.6 Å². The number of carbonyl (C=O) groups excluding carboxylic acids is 2. The van der Waals surface area contributed by atoms with E-state index in [1.807, 2.05) is 11.0 Å². The van der Waals surface area contributed by atoms with Crippen LogP contribution in [0.1, 0.15) is 25.3 Å². The van der Waals surface area contributed by atoms with E-state index in [1.165, 1.54) is 5.56 Å². The number of hydrogen-bond acceptors (Lipinski definition) is 3. The molecule has 23 heavy (non-hydrogen) atoms. The van der Waals surface area contributed by atoms with Crippen LogP contribution < -0.4 is 5.32 Å². The topological polar surface area (TPSA) is 49.4 Å². The van der Waals surface area contributed by atoms with Gasteiger partial charge in [-0.15, -0.1) is 11.8 Å². The molecule has 1 saturated heterocycles. The number of likely N-dealkylation sites (tertiary alicyclic amines) is 1. The summed E-state index contributed by atoms with van der Waals surface area (Å²) in [6.45, 7) is 5.92. The predicted molar refractivity (Wildman–Crippen MR) is 97.6 cm³/mol. The maximum absolute atomic E-state index is 12.3. The third kappa shape index (κ3) is 5.84. The van der Waals surface area contributed by atoms with Gasteiger partial charge < -0.3 is 10.2 Å². The Morgan fingerprint density at radius 3 is 2.65 bits per heavy atom. The van der Waals surface area contributed by atoms with Crippen LogP contribution in [0.2, 0.25) is 0 Å². The second kappa shape index (κ2) is 8.73. The molecule has 1 aromatic carbocycles. The van der Waals surface area contributed by atoms with Gasteiger partial charge >= 0.3 is 0 Å². The van der Waals surface area contributed by atoms with Gasteiger partial charge in [0.1, 0.15) is 0 Å². The van der Waals surface area contributed by atoms with Crippen LogP contribution in [-0.2, 0) is 9.59 Å². The highest BCUT2D eigenvalue weighted by atomic mass is 79.9. The smallest absolute Gasteiger partial charge is 0.232 e. The predicted octanol–water partition coefficient (Wildman–Crippen LogP) is 3.22. The summed E-state index contributed by atoms with van der Waals surface area (Å²) in [6.07, 6.45) is 1.93. The molecule has 1 heterocycles. The Hall–Kier alpha value is -1.01. The summed E-state index contributed by atoms with van der Waals surface area (Å²) in [5.41, 5.74) is 1.19. The first kappa shape index (κ1) is 18.3. The SMILES string of the molecule is CC(=O)NCC1CCN(C(=O)CSc2ccc(Br)cc2C)CC1. The summed E-state index contributed by atoms with van der Waals surface area (Å²) in [4.78, 5) is 26.4. The van der Waals surface area contributed by atoms with Crippen molar-refractivity contribution in [1.82, 2.24) is 10.2 Å². The average Bonchev–Trinajstić information content (AvgIpc) is 2.52. The van der Waals surface area contributed by atoms with Crippen molar-refractivity contribution in [3.8, 4) is 0 Å². The molecule has 0 unspecified atom stereocenters. The van der Waals surface area contributed by atoms with Crippen molar-refractivity contribution in [2.24, 2.45) is 5.92 Å². The normalized spacial score (nSPS) is 15.5. The van der Waals surface area contributed by atoms with Crippen molar-refractivity contribution in [1.29, 1.82) is 0 Å². The zero-order chi connectivity index (χ0) is 16.8. The van der Waals surface area contributed by atoms with Crippen molar-refractivity contribution >= 4 is 39.5 Å². The standard InChI is InChI=1S/C17H23BrN2O2S/c1-12-9-15(18)3-4-16(12)23-11-17(22)20-7-5-14(6-8-20)10-19-13(2)21/h3-4,9,14H,5-8,10-11H2,1-2H3,(H,19,21). The highest BCUT2D eigenvalue weighted by molar-refractivity contribution is 9.10. The van der Waals surface area contributed by atoms with Gasteiger partial charge in [0.15, 0.2) is 0 Å².